The topological polar surface area (TPSA) is 44.8 Å². The van der Waals surface area contributed by atoms with Gasteiger partial charge in [-0.1, -0.05) is 6.07 Å². The van der Waals surface area contributed by atoms with Crippen molar-refractivity contribution in [3.8, 4) is 5.75 Å². The molecule has 0 bridgehead atoms. The standard InChI is InChI=1S/C19H28FN3O2S/c1-25-18-4-3-15(13-17(18)20)14-22-8-5-16(6-9-22)21-19(24)23-7-2-11-26-12-10-23/h3-4,13,16H,2,5-12,14H2,1H3,(H,21,24). The molecule has 2 aliphatic heterocycles. The number of ether oxygens (including phenoxy) is 1. The highest BCUT2D eigenvalue weighted by Crippen LogP contribution is 2.20. The molecule has 2 heterocycles. The molecule has 144 valence electrons. The lowest BCUT2D eigenvalue weighted by molar-refractivity contribution is 0.170. The minimum absolute atomic E-state index is 0.0863. The number of methoxy groups -OCH3 is 1. The van der Waals surface area contributed by atoms with E-state index in [1.54, 1.807) is 12.1 Å². The summed E-state index contributed by atoms with van der Waals surface area (Å²) in [6.07, 6.45) is 2.95. The normalized spacial score (nSPS) is 19.8. The number of urea groups is 1. The van der Waals surface area contributed by atoms with Crippen LogP contribution in [0.5, 0.6) is 5.75 Å². The van der Waals surface area contributed by atoms with Gasteiger partial charge in [-0.15, -0.1) is 0 Å². The van der Waals surface area contributed by atoms with E-state index in [0.717, 1.165) is 69.1 Å². The third-order valence-electron chi connectivity index (χ3n) is 5.05. The summed E-state index contributed by atoms with van der Waals surface area (Å²) in [5.74, 6) is 2.14. The molecule has 0 radical (unpaired) electrons. The van der Waals surface area contributed by atoms with Crippen LogP contribution >= 0.6 is 11.8 Å². The fourth-order valence-corrected chi connectivity index (χ4v) is 4.40. The van der Waals surface area contributed by atoms with Crippen molar-refractivity contribution in [2.24, 2.45) is 0 Å². The molecule has 0 aliphatic carbocycles. The highest BCUT2D eigenvalue weighted by molar-refractivity contribution is 7.99. The number of piperidine rings is 1. The van der Waals surface area contributed by atoms with Crippen LogP contribution in [0, 0.1) is 5.82 Å². The average molecular weight is 382 g/mol. The van der Waals surface area contributed by atoms with E-state index < -0.39 is 0 Å². The number of hydrogen-bond acceptors (Lipinski definition) is 4. The van der Waals surface area contributed by atoms with Crippen molar-refractivity contribution in [3.63, 3.8) is 0 Å². The van der Waals surface area contributed by atoms with Crippen molar-refractivity contribution in [2.45, 2.75) is 31.8 Å². The third kappa shape index (κ3) is 5.27. The van der Waals surface area contributed by atoms with Gasteiger partial charge in [-0.3, -0.25) is 4.90 Å². The predicted octanol–water partition coefficient (Wildman–Crippen LogP) is 2.95. The summed E-state index contributed by atoms with van der Waals surface area (Å²) in [7, 11) is 1.47. The maximum Gasteiger partial charge on any atom is 0.317 e. The number of benzene rings is 1. The highest BCUT2D eigenvalue weighted by atomic mass is 32.2. The number of nitrogens with zero attached hydrogens (tertiary/aromatic N) is 2. The van der Waals surface area contributed by atoms with Gasteiger partial charge in [-0.05, 0) is 42.7 Å². The van der Waals surface area contributed by atoms with Crippen LogP contribution < -0.4 is 10.1 Å². The van der Waals surface area contributed by atoms with Crippen LogP contribution in [0.15, 0.2) is 18.2 Å². The molecular weight excluding hydrogens is 353 g/mol. The Morgan fingerprint density at radius 1 is 1.27 bits per heavy atom. The zero-order chi connectivity index (χ0) is 18.4. The lowest BCUT2D eigenvalue weighted by Crippen LogP contribution is -2.49. The van der Waals surface area contributed by atoms with Crippen molar-refractivity contribution < 1.29 is 13.9 Å². The Morgan fingerprint density at radius 2 is 2.08 bits per heavy atom. The van der Waals surface area contributed by atoms with Gasteiger partial charge in [0, 0.05) is 44.5 Å². The lowest BCUT2D eigenvalue weighted by Gasteiger charge is -2.33. The first-order valence-corrected chi connectivity index (χ1v) is 10.5. The molecule has 2 aliphatic rings. The van der Waals surface area contributed by atoms with Crippen LogP contribution in [0.4, 0.5) is 9.18 Å². The molecule has 0 unspecified atom stereocenters. The number of nitrogens with one attached hydrogen (secondary N) is 1. The van der Waals surface area contributed by atoms with E-state index in [1.807, 2.05) is 22.7 Å². The summed E-state index contributed by atoms with van der Waals surface area (Å²) in [5, 5.41) is 3.20. The first-order chi connectivity index (χ1) is 12.7. The summed E-state index contributed by atoms with van der Waals surface area (Å²) in [5.41, 5.74) is 0.952. The Kier molecular flexibility index (Phi) is 7.02. The van der Waals surface area contributed by atoms with Crippen molar-refractivity contribution >= 4 is 17.8 Å². The number of halogens is 1. The van der Waals surface area contributed by atoms with E-state index in [9.17, 15) is 9.18 Å². The summed E-state index contributed by atoms with van der Waals surface area (Å²) in [4.78, 5) is 16.7. The van der Waals surface area contributed by atoms with Gasteiger partial charge in [-0.2, -0.15) is 11.8 Å². The maximum atomic E-state index is 13.8. The second kappa shape index (κ2) is 9.46. The number of likely N-dealkylation sites (tertiary alicyclic amines) is 1. The van der Waals surface area contributed by atoms with Crippen LogP contribution in [0.1, 0.15) is 24.8 Å². The van der Waals surface area contributed by atoms with Crippen LogP contribution in [0.25, 0.3) is 0 Å². The summed E-state index contributed by atoms with van der Waals surface area (Å²) in [6.45, 7) is 4.26. The number of thioether (sulfide) groups is 1. The highest BCUT2D eigenvalue weighted by Gasteiger charge is 2.23. The van der Waals surface area contributed by atoms with E-state index in [1.165, 1.54) is 7.11 Å². The number of carbonyl (C=O) groups excluding carboxylic acids is 1. The number of rotatable bonds is 4. The molecule has 0 spiro atoms. The summed E-state index contributed by atoms with van der Waals surface area (Å²) >= 11 is 1.92. The van der Waals surface area contributed by atoms with Crippen molar-refractivity contribution in [1.29, 1.82) is 0 Å². The number of carbonyl (C=O) groups is 1. The van der Waals surface area contributed by atoms with E-state index in [2.05, 4.69) is 10.2 Å². The molecular formula is C19H28FN3O2S. The Labute approximate surface area is 159 Å². The quantitative estimate of drug-likeness (QED) is 0.871. The van der Waals surface area contributed by atoms with Gasteiger partial charge in [0.05, 0.1) is 7.11 Å². The van der Waals surface area contributed by atoms with Gasteiger partial charge in [0.2, 0.25) is 0 Å². The van der Waals surface area contributed by atoms with Gasteiger partial charge in [0.25, 0.3) is 0 Å². The Hall–Kier alpha value is -1.47. The molecule has 0 atom stereocenters. The van der Waals surface area contributed by atoms with Gasteiger partial charge in [0.15, 0.2) is 11.6 Å². The van der Waals surface area contributed by atoms with Gasteiger partial charge in [-0.25, -0.2) is 9.18 Å². The van der Waals surface area contributed by atoms with Crippen LogP contribution in [-0.4, -0.2) is 66.7 Å². The summed E-state index contributed by atoms with van der Waals surface area (Å²) < 4.78 is 18.8. The van der Waals surface area contributed by atoms with E-state index in [0.29, 0.717) is 0 Å². The number of hydrogen-bond donors (Lipinski definition) is 1. The van der Waals surface area contributed by atoms with E-state index in [-0.39, 0.29) is 23.6 Å². The second-order valence-corrected chi connectivity index (χ2v) is 8.15. The van der Waals surface area contributed by atoms with Crippen LogP contribution in [-0.2, 0) is 6.54 Å². The first kappa shape index (κ1) is 19.3. The Bertz CT molecular complexity index is 600. The smallest absolute Gasteiger partial charge is 0.317 e. The molecule has 2 saturated heterocycles. The second-order valence-electron chi connectivity index (χ2n) is 6.92. The largest absolute Gasteiger partial charge is 0.494 e. The molecule has 5 nitrogen and oxygen atoms in total. The molecule has 3 rings (SSSR count). The van der Waals surface area contributed by atoms with Crippen molar-refractivity contribution in [1.82, 2.24) is 15.1 Å². The molecule has 1 aromatic carbocycles. The zero-order valence-electron chi connectivity index (χ0n) is 15.4. The van der Waals surface area contributed by atoms with Crippen molar-refractivity contribution in [3.05, 3.63) is 29.6 Å². The first-order valence-electron chi connectivity index (χ1n) is 9.33. The average Bonchev–Trinajstić information content (AvgIpc) is 2.93. The fourth-order valence-electron chi connectivity index (χ4n) is 3.52. The van der Waals surface area contributed by atoms with E-state index >= 15 is 0 Å². The van der Waals surface area contributed by atoms with Crippen molar-refractivity contribution in [2.75, 3.05) is 44.8 Å². The van der Waals surface area contributed by atoms with Gasteiger partial charge in [0.1, 0.15) is 0 Å². The Balaban J connectivity index is 1.43. The minimum atomic E-state index is -0.317. The Morgan fingerprint density at radius 3 is 2.81 bits per heavy atom. The van der Waals surface area contributed by atoms with Crippen LogP contribution in [0.3, 0.4) is 0 Å². The molecule has 26 heavy (non-hydrogen) atoms. The minimum Gasteiger partial charge on any atom is -0.494 e. The van der Waals surface area contributed by atoms with Gasteiger partial charge >= 0.3 is 6.03 Å². The predicted molar refractivity (Wildman–Crippen MR) is 103 cm³/mol. The molecule has 1 N–H and O–H groups in total. The van der Waals surface area contributed by atoms with Crippen LogP contribution in [0.2, 0.25) is 0 Å². The molecule has 0 saturated carbocycles. The monoisotopic (exact) mass is 381 g/mol. The zero-order valence-corrected chi connectivity index (χ0v) is 16.2. The molecule has 1 aromatic rings. The number of amides is 2. The summed E-state index contributed by atoms with van der Waals surface area (Å²) in [6, 6.07) is 5.46. The molecule has 2 amide bonds. The van der Waals surface area contributed by atoms with Gasteiger partial charge < -0.3 is 15.0 Å². The lowest BCUT2D eigenvalue weighted by atomic mass is 10.0. The molecule has 2 fully saturated rings. The third-order valence-corrected chi connectivity index (χ3v) is 6.10. The fraction of sp³-hybridized carbons (Fsp3) is 0.632. The molecule has 7 heteroatoms. The van der Waals surface area contributed by atoms with E-state index in [4.69, 9.17) is 4.74 Å². The molecule has 0 aromatic heterocycles. The maximum absolute atomic E-state index is 13.8. The SMILES string of the molecule is COc1ccc(CN2CCC(NC(=O)N3CCCSCC3)CC2)cc1F.